The Labute approximate surface area is 72.1 Å². The average molecular weight is 169 g/mol. The lowest BCUT2D eigenvalue weighted by Gasteiger charge is -2.41. The maximum Gasteiger partial charge on any atom is 0.191 e. The van der Waals surface area contributed by atoms with Gasteiger partial charge in [0.05, 0.1) is 18.7 Å². The van der Waals surface area contributed by atoms with E-state index in [-0.39, 0.29) is 12.1 Å². The SMILES string of the molecule is OCC1(NC2=NCCN2)CCC1. The van der Waals surface area contributed by atoms with Crippen molar-refractivity contribution in [1.29, 1.82) is 0 Å². The van der Waals surface area contributed by atoms with Crippen molar-refractivity contribution >= 4 is 5.96 Å². The van der Waals surface area contributed by atoms with E-state index < -0.39 is 0 Å². The second-order valence-corrected chi connectivity index (χ2v) is 3.57. The number of nitrogens with one attached hydrogen (secondary N) is 2. The molecule has 0 bridgehead atoms. The molecule has 1 aliphatic carbocycles. The lowest BCUT2D eigenvalue weighted by molar-refractivity contribution is 0.107. The number of hydrogen-bond acceptors (Lipinski definition) is 4. The summed E-state index contributed by atoms with van der Waals surface area (Å²) in [6.45, 7) is 1.99. The predicted octanol–water partition coefficient (Wildman–Crippen LogP) is -0.550. The third-order valence-electron chi connectivity index (χ3n) is 2.67. The Bertz CT molecular complexity index is 193. The Kier molecular flexibility index (Phi) is 1.92. The van der Waals surface area contributed by atoms with Crippen molar-refractivity contribution < 1.29 is 5.11 Å². The first kappa shape index (κ1) is 7.86. The van der Waals surface area contributed by atoms with Gasteiger partial charge in [-0.05, 0) is 19.3 Å². The molecule has 1 heterocycles. The normalized spacial score (nSPS) is 25.6. The fraction of sp³-hybridized carbons (Fsp3) is 0.875. The topological polar surface area (TPSA) is 56.6 Å². The summed E-state index contributed by atoms with van der Waals surface area (Å²) in [5, 5.41) is 15.6. The van der Waals surface area contributed by atoms with Gasteiger partial charge < -0.3 is 15.7 Å². The van der Waals surface area contributed by atoms with Gasteiger partial charge in [-0.15, -0.1) is 0 Å². The molecule has 3 N–H and O–H groups in total. The van der Waals surface area contributed by atoms with Crippen molar-refractivity contribution in [3.63, 3.8) is 0 Å². The molecule has 0 radical (unpaired) electrons. The summed E-state index contributed by atoms with van der Waals surface area (Å²) in [5.41, 5.74) is -0.0594. The van der Waals surface area contributed by atoms with Crippen LogP contribution in [0.3, 0.4) is 0 Å². The van der Waals surface area contributed by atoms with E-state index in [2.05, 4.69) is 15.6 Å². The van der Waals surface area contributed by atoms with Crippen LogP contribution < -0.4 is 10.6 Å². The monoisotopic (exact) mass is 169 g/mol. The van der Waals surface area contributed by atoms with Gasteiger partial charge in [0.15, 0.2) is 5.96 Å². The van der Waals surface area contributed by atoms with Crippen molar-refractivity contribution in [1.82, 2.24) is 10.6 Å². The van der Waals surface area contributed by atoms with E-state index in [0.717, 1.165) is 31.9 Å². The zero-order chi connectivity index (χ0) is 8.44. The average Bonchev–Trinajstić information content (AvgIpc) is 2.49. The van der Waals surface area contributed by atoms with Gasteiger partial charge in [0.1, 0.15) is 0 Å². The Morgan fingerprint density at radius 3 is 2.83 bits per heavy atom. The Balaban J connectivity index is 1.91. The zero-order valence-corrected chi connectivity index (χ0v) is 7.14. The van der Waals surface area contributed by atoms with E-state index in [1.54, 1.807) is 0 Å². The minimum absolute atomic E-state index is 0.0594. The van der Waals surface area contributed by atoms with E-state index in [4.69, 9.17) is 5.11 Å². The number of aliphatic imine (C=N–C) groups is 1. The van der Waals surface area contributed by atoms with Crippen LogP contribution >= 0.6 is 0 Å². The molecule has 0 unspecified atom stereocenters. The lowest BCUT2D eigenvalue weighted by atomic mass is 9.77. The molecule has 0 aromatic heterocycles. The van der Waals surface area contributed by atoms with Crippen molar-refractivity contribution in [3.8, 4) is 0 Å². The summed E-state index contributed by atoms with van der Waals surface area (Å²) in [6, 6.07) is 0. The van der Waals surface area contributed by atoms with Gasteiger partial charge in [0, 0.05) is 6.54 Å². The van der Waals surface area contributed by atoms with Gasteiger partial charge in [-0.2, -0.15) is 0 Å². The smallest absolute Gasteiger partial charge is 0.191 e. The predicted molar refractivity (Wildman–Crippen MR) is 47.1 cm³/mol. The number of guanidine groups is 1. The highest BCUT2D eigenvalue weighted by atomic mass is 16.3. The summed E-state index contributed by atoms with van der Waals surface area (Å²) in [4.78, 5) is 4.23. The quantitative estimate of drug-likeness (QED) is 0.520. The molecule has 2 rings (SSSR count). The molecule has 12 heavy (non-hydrogen) atoms. The summed E-state index contributed by atoms with van der Waals surface area (Å²) < 4.78 is 0. The van der Waals surface area contributed by atoms with E-state index in [1.165, 1.54) is 6.42 Å². The Morgan fingerprint density at radius 2 is 2.42 bits per heavy atom. The van der Waals surface area contributed by atoms with Crippen LogP contribution in [0.1, 0.15) is 19.3 Å². The highest BCUT2D eigenvalue weighted by Crippen LogP contribution is 2.30. The van der Waals surface area contributed by atoms with E-state index in [1.807, 2.05) is 0 Å². The molecular formula is C8H15N3O. The van der Waals surface area contributed by atoms with Crippen LogP contribution in [0.4, 0.5) is 0 Å². The van der Waals surface area contributed by atoms with Crippen molar-refractivity contribution in [2.24, 2.45) is 4.99 Å². The summed E-state index contributed by atoms with van der Waals surface area (Å²) >= 11 is 0. The summed E-state index contributed by atoms with van der Waals surface area (Å²) in [6.07, 6.45) is 3.33. The molecule has 4 nitrogen and oxygen atoms in total. The standard InChI is InChI=1S/C8H15N3O/c12-6-8(2-1-3-8)11-7-9-4-5-10-7/h12H,1-6H2,(H2,9,10,11). The zero-order valence-electron chi connectivity index (χ0n) is 7.14. The van der Waals surface area contributed by atoms with Gasteiger partial charge in [0.2, 0.25) is 0 Å². The second kappa shape index (κ2) is 2.94. The van der Waals surface area contributed by atoms with Crippen LogP contribution in [0.25, 0.3) is 0 Å². The van der Waals surface area contributed by atoms with E-state index in [0.29, 0.717) is 0 Å². The molecule has 0 atom stereocenters. The molecule has 0 aromatic rings. The fourth-order valence-electron chi connectivity index (χ4n) is 1.66. The van der Waals surface area contributed by atoms with Crippen molar-refractivity contribution in [2.75, 3.05) is 19.7 Å². The van der Waals surface area contributed by atoms with E-state index in [9.17, 15) is 0 Å². The minimum atomic E-state index is -0.0594. The van der Waals surface area contributed by atoms with Crippen LogP contribution in [0, 0.1) is 0 Å². The van der Waals surface area contributed by atoms with E-state index >= 15 is 0 Å². The number of hydrogen-bond donors (Lipinski definition) is 3. The third-order valence-corrected chi connectivity index (χ3v) is 2.67. The molecule has 2 aliphatic rings. The van der Waals surface area contributed by atoms with Gasteiger partial charge in [-0.3, -0.25) is 4.99 Å². The maximum absolute atomic E-state index is 9.15. The largest absolute Gasteiger partial charge is 0.394 e. The highest BCUT2D eigenvalue weighted by Gasteiger charge is 2.37. The number of rotatable bonds is 2. The molecule has 68 valence electrons. The van der Waals surface area contributed by atoms with Crippen LogP contribution in [0.2, 0.25) is 0 Å². The third kappa shape index (κ3) is 1.27. The van der Waals surface area contributed by atoms with Gasteiger partial charge >= 0.3 is 0 Å². The first-order chi connectivity index (χ1) is 5.85. The molecule has 4 heteroatoms. The number of aliphatic hydroxyl groups excluding tert-OH is 1. The van der Waals surface area contributed by atoms with Crippen molar-refractivity contribution in [2.45, 2.75) is 24.8 Å². The lowest BCUT2D eigenvalue weighted by Crippen LogP contribution is -2.58. The van der Waals surface area contributed by atoms with Crippen LogP contribution in [0.15, 0.2) is 4.99 Å². The molecule has 1 fully saturated rings. The Morgan fingerprint density at radius 1 is 1.58 bits per heavy atom. The van der Waals surface area contributed by atoms with Crippen molar-refractivity contribution in [3.05, 3.63) is 0 Å². The van der Waals surface area contributed by atoms with Crippen LogP contribution in [-0.2, 0) is 0 Å². The van der Waals surface area contributed by atoms with Gasteiger partial charge in [-0.1, -0.05) is 0 Å². The molecule has 1 aliphatic heterocycles. The fourth-order valence-corrected chi connectivity index (χ4v) is 1.66. The van der Waals surface area contributed by atoms with Gasteiger partial charge in [0.25, 0.3) is 0 Å². The van der Waals surface area contributed by atoms with Crippen LogP contribution in [0.5, 0.6) is 0 Å². The molecule has 0 aromatic carbocycles. The summed E-state index contributed by atoms with van der Waals surface area (Å²) in [7, 11) is 0. The molecule has 0 saturated heterocycles. The Hall–Kier alpha value is -0.770. The van der Waals surface area contributed by atoms with Gasteiger partial charge in [-0.25, -0.2) is 0 Å². The maximum atomic E-state index is 9.15. The first-order valence-corrected chi connectivity index (χ1v) is 4.52. The second-order valence-electron chi connectivity index (χ2n) is 3.57. The molecule has 0 spiro atoms. The molecule has 1 saturated carbocycles. The minimum Gasteiger partial charge on any atom is -0.394 e. The summed E-state index contributed by atoms with van der Waals surface area (Å²) in [5.74, 6) is 0.865. The van der Waals surface area contributed by atoms with Crippen LogP contribution in [-0.4, -0.2) is 36.3 Å². The molecule has 0 amide bonds. The molecular weight excluding hydrogens is 154 g/mol. The number of nitrogens with zero attached hydrogens (tertiary/aromatic N) is 1. The highest BCUT2D eigenvalue weighted by molar-refractivity contribution is 5.82. The first-order valence-electron chi connectivity index (χ1n) is 4.52. The number of aliphatic hydroxyl groups is 1.